The Balaban J connectivity index is 1.22. The molecule has 2 amide bonds. The predicted octanol–water partition coefficient (Wildman–Crippen LogP) is 3.90. The molecule has 0 saturated carbocycles. The van der Waals surface area contributed by atoms with Crippen molar-refractivity contribution in [2.45, 2.75) is 18.3 Å². The Bertz CT molecular complexity index is 1130. The molecule has 4 rings (SSSR count). The van der Waals surface area contributed by atoms with Gasteiger partial charge in [-0.2, -0.15) is 0 Å². The lowest BCUT2D eigenvalue weighted by atomic mass is 9.98. The zero-order valence-corrected chi connectivity index (χ0v) is 18.6. The van der Waals surface area contributed by atoms with E-state index in [-0.39, 0.29) is 37.9 Å². The van der Waals surface area contributed by atoms with Crippen LogP contribution < -0.4 is 10.6 Å². The molecule has 1 aliphatic rings. The van der Waals surface area contributed by atoms with Gasteiger partial charge in [-0.25, -0.2) is 4.79 Å². The highest BCUT2D eigenvalue weighted by molar-refractivity contribution is 5.81. The molecule has 0 radical (unpaired) electrons. The van der Waals surface area contributed by atoms with Crippen molar-refractivity contribution in [3.63, 3.8) is 0 Å². The van der Waals surface area contributed by atoms with Crippen LogP contribution in [0.15, 0.2) is 78.9 Å². The van der Waals surface area contributed by atoms with E-state index < -0.39 is 18.0 Å². The molecule has 0 saturated heterocycles. The van der Waals surface area contributed by atoms with E-state index >= 15 is 0 Å². The van der Waals surface area contributed by atoms with Gasteiger partial charge in [0, 0.05) is 25.4 Å². The summed E-state index contributed by atoms with van der Waals surface area (Å²) in [6, 6.07) is 24.9. The molecule has 3 aromatic rings. The number of hydrogen-bond donors (Lipinski definition) is 3. The zero-order chi connectivity index (χ0) is 23.9. The minimum atomic E-state index is -1.01. The second-order valence-electron chi connectivity index (χ2n) is 8.11. The Morgan fingerprint density at radius 2 is 1.41 bits per heavy atom. The number of carbonyl (C=O) groups is 3. The third kappa shape index (κ3) is 5.26. The molecule has 1 aliphatic carbocycles. The molecule has 0 spiro atoms. The number of amides is 2. The Kier molecular flexibility index (Phi) is 7.22. The van der Waals surface area contributed by atoms with Crippen LogP contribution in [0.2, 0.25) is 0 Å². The lowest BCUT2D eigenvalue weighted by molar-refractivity contribution is -0.138. The van der Waals surface area contributed by atoms with Crippen LogP contribution in [0.1, 0.15) is 34.9 Å². The second-order valence-corrected chi connectivity index (χ2v) is 8.11. The second kappa shape index (κ2) is 10.7. The Morgan fingerprint density at radius 3 is 2.03 bits per heavy atom. The van der Waals surface area contributed by atoms with Gasteiger partial charge in [-0.05, 0) is 27.8 Å². The molecule has 3 N–H and O–H groups in total. The number of fused-ring (bicyclic) bond motifs is 3. The summed E-state index contributed by atoms with van der Waals surface area (Å²) in [7, 11) is 0. The summed E-state index contributed by atoms with van der Waals surface area (Å²) < 4.78 is 5.45. The SMILES string of the molecule is O=C(CCNC(=O)OCC1c2ccccc2-c2ccccc21)NCC(C(=O)O)c1ccccc1. The van der Waals surface area contributed by atoms with Crippen LogP contribution in [-0.2, 0) is 14.3 Å². The van der Waals surface area contributed by atoms with Crippen LogP contribution in [-0.4, -0.2) is 42.8 Å². The average Bonchev–Trinajstić information content (AvgIpc) is 3.17. The lowest BCUT2D eigenvalue weighted by Crippen LogP contribution is -2.35. The fourth-order valence-corrected chi connectivity index (χ4v) is 4.26. The number of alkyl carbamates (subject to hydrolysis) is 1. The van der Waals surface area contributed by atoms with Crippen LogP contribution in [0.3, 0.4) is 0 Å². The van der Waals surface area contributed by atoms with E-state index in [1.807, 2.05) is 36.4 Å². The normalized spacial score (nSPS) is 12.8. The summed E-state index contributed by atoms with van der Waals surface area (Å²) >= 11 is 0. The van der Waals surface area contributed by atoms with Crippen LogP contribution in [0.4, 0.5) is 4.79 Å². The van der Waals surface area contributed by atoms with Crippen molar-refractivity contribution in [2.24, 2.45) is 0 Å². The van der Waals surface area contributed by atoms with E-state index in [4.69, 9.17) is 4.74 Å². The monoisotopic (exact) mass is 458 g/mol. The van der Waals surface area contributed by atoms with Gasteiger partial charge in [-0.3, -0.25) is 9.59 Å². The predicted molar refractivity (Wildman–Crippen MR) is 128 cm³/mol. The number of hydrogen-bond acceptors (Lipinski definition) is 4. The average molecular weight is 459 g/mol. The van der Waals surface area contributed by atoms with Crippen LogP contribution in [0.5, 0.6) is 0 Å². The summed E-state index contributed by atoms with van der Waals surface area (Å²) in [4.78, 5) is 35.9. The molecule has 0 aliphatic heterocycles. The van der Waals surface area contributed by atoms with Gasteiger partial charge in [0.25, 0.3) is 0 Å². The van der Waals surface area contributed by atoms with Crippen molar-refractivity contribution in [3.8, 4) is 11.1 Å². The Hall–Kier alpha value is -4.13. The minimum absolute atomic E-state index is 0.0192. The minimum Gasteiger partial charge on any atom is -0.481 e. The highest BCUT2D eigenvalue weighted by Crippen LogP contribution is 2.44. The smallest absolute Gasteiger partial charge is 0.407 e. The number of aliphatic carboxylic acids is 1. The van der Waals surface area contributed by atoms with Gasteiger partial charge in [0.1, 0.15) is 6.61 Å². The maximum absolute atomic E-state index is 12.2. The van der Waals surface area contributed by atoms with Crippen molar-refractivity contribution in [2.75, 3.05) is 19.7 Å². The van der Waals surface area contributed by atoms with E-state index in [9.17, 15) is 19.5 Å². The molecular weight excluding hydrogens is 432 g/mol. The molecule has 1 unspecified atom stereocenters. The third-order valence-electron chi connectivity index (χ3n) is 5.97. The largest absolute Gasteiger partial charge is 0.481 e. The molecular formula is C27H26N2O5. The Morgan fingerprint density at radius 1 is 0.824 bits per heavy atom. The molecule has 0 aromatic heterocycles. The van der Waals surface area contributed by atoms with E-state index in [0.29, 0.717) is 5.56 Å². The molecule has 0 fully saturated rings. The number of nitrogens with one attached hydrogen (secondary N) is 2. The van der Waals surface area contributed by atoms with Crippen molar-refractivity contribution in [1.29, 1.82) is 0 Å². The van der Waals surface area contributed by atoms with Gasteiger partial charge in [-0.15, -0.1) is 0 Å². The van der Waals surface area contributed by atoms with Gasteiger partial charge < -0.3 is 20.5 Å². The summed E-state index contributed by atoms with van der Waals surface area (Å²) in [6.07, 6.45) is -0.576. The zero-order valence-electron chi connectivity index (χ0n) is 18.6. The summed E-state index contributed by atoms with van der Waals surface area (Å²) in [5.74, 6) is -2.22. The summed E-state index contributed by atoms with van der Waals surface area (Å²) in [5.41, 5.74) is 5.18. The van der Waals surface area contributed by atoms with Crippen molar-refractivity contribution >= 4 is 18.0 Å². The first-order valence-corrected chi connectivity index (χ1v) is 11.2. The molecule has 3 aromatic carbocycles. The molecule has 7 heteroatoms. The highest BCUT2D eigenvalue weighted by atomic mass is 16.5. The van der Waals surface area contributed by atoms with E-state index in [1.165, 1.54) is 0 Å². The number of carbonyl (C=O) groups excluding carboxylic acids is 2. The first kappa shape index (κ1) is 23.0. The summed E-state index contributed by atoms with van der Waals surface area (Å²) in [5, 5.41) is 14.6. The summed E-state index contributed by atoms with van der Waals surface area (Å²) in [6.45, 7) is 0.262. The number of ether oxygens (including phenoxy) is 1. The van der Waals surface area contributed by atoms with Gasteiger partial charge in [0.2, 0.25) is 5.91 Å². The number of rotatable bonds is 9. The van der Waals surface area contributed by atoms with Crippen molar-refractivity contribution in [1.82, 2.24) is 10.6 Å². The van der Waals surface area contributed by atoms with Crippen LogP contribution in [0, 0.1) is 0 Å². The maximum atomic E-state index is 12.2. The van der Waals surface area contributed by atoms with Crippen LogP contribution >= 0.6 is 0 Å². The fraction of sp³-hybridized carbons (Fsp3) is 0.222. The molecule has 1 atom stereocenters. The molecule has 7 nitrogen and oxygen atoms in total. The van der Waals surface area contributed by atoms with Gasteiger partial charge in [-0.1, -0.05) is 78.9 Å². The highest BCUT2D eigenvalue weighted by Gasteiger charge is 2.29. The van der Waals surface area contributed by atoms with Crippen molar-refractivity contribution < 1.29 is 24.2 Å². The first-order valence-electron chi connectivity index (χ1n) is 11.2. The molecule has 174 valence electrons. The molecule has 0 bridgehead atoms. The number of carboxylic acids is 1. The third-order valence-corrected chi connectivity index (χ3v) is 5.97. The number of carboxylic acid groups (broad SMARTS) is 1. The first-order chi connectivity index (χ1) is 16.5. The standard InChI is InChI=1S/C27H26N2O5/c30-25(29-16-23(26(31)32)18-8-2-1-3-9-18)14-15-28-27(33)34-17-24-21-12-6-4-10-19(21)20-11-5-7-13-22(20)24/h1-13,23-24H,14-17H2,(H,28,33)(H,29,30)(H,31,32). The topological polar surface area (TPSA) is 105 Å². The van der Waals surface area contributed by atoms with Gasteiger partial charge in [0.05, 0.1) is 5.92 Å². The van der Waals surface area contributed by atoms with E-state index in [1.54, 1.807) is 30.3 Å². The van der Waals surface area contributed by atoms with E-state index in [2.05, 4.69) is 22.8 Å². The lowest BCUT2D eigenvalue weighted by Gasteiger charge is -2.15. The van der Waals surface area contributed by atoms with Gasteiger partial charge >= 0.3 is 12.1 Å². The maximum Gasteiger partial charge on any atom is 0.407 e. The van der Waals surface area contributed by atoms with E-state index in [0.717, 1.165) is 22.3 Å². The number of benzene rings is 3. The fourth-order valence-electron chi connectivity index (χ4n) is 4.26. The quantitative estimate of drug-likeness (QED) is 0.451. The Labute approximate surface area is 197 Å². The van der Waals surface area contributed by atoms with Crippen molar-refractivity contribution in [3.05, 3.63) is 95.6 Å². The van der Waals surface area contributed by atoms with Gasteiger partial charge in [0.15, 0.2) is 0 Å². The molecule has 0 heterocycles. The van der Waals surface area contributed by atoms with Crippen LogP contribution in [0.25, 0.3) is 11.1 Å². The molecule has 34 heavy (non-hydrogen) atoms.